The summed E-state index contributed by atoms with van der Waals surface area (Å²) >= 11 is 1.17. The Morgan fingerprint density at radius 2 is 1.89 bits per heavy atom. The van der Waals surface area contributed by atoms with Crippen molar-refractivity contribution in [2.45, 2.75) is 23.6 Å². The lowest BCUT2D eigenvalue weighted by Crippen LogP contribution is -2.38. The Morgan fingerprint density at radius 3 is 2.67 bits per heavy atom. The van der Waals surface area contributed by atoms with E-state index in [0.717, 1.165) is 10.6 Å². The zero-order valence-corrected chi connectivity index (χ0v) is 16.1. The van der Waals surface area contributed by atoms with Gasteiger partial charge >= 0.3 is 0 Å². The van der Waals surface area contributed by atoms with Crippen LogP contribution in [0.15, 0.2) is 65.0 Å². The van der Waals surface area contributed by atoms with Gasteiger partial charge in [0.15, 0.2) is 0 Å². The van der Waals surface area contributed by atoms with Gasteiger partial charge in [-0.15, -0.1) is 11.3 Å². The number of para-hydroxylation sites is 2. The van der Waals surface area contributed by atoms with Gasteiger partial charge in [0.05, 0.1) is 28.0 Å². The number of carbonyl (C=O) groups excluding carboxylic acids is 1. The lowest BCUT2D eigenvalue weighted by Gasteiger charge is -2.28. The van der Waals surface area contributed by atoms with Crippen molar-refractivity contribution in [2.24, 2.45) is 0 Å². The molecular formula is C19H17N3O3S2. The quantitative estimate of drug-likeness (QED) is 0.728. The van der Waals surface area contributed by atoms with Crippen molar-refractivity contribution in [1.82, 2.24) is 4.98 Å². The highest BCUT2D eigenvalue weighted by atomic mass is 32.2. The summed E-state index contributed by atoms with van der Waals surface area (Å²) in [5.74, 6) is -0.201. The molecule has 0 spiro atoms. The molecule has 0 saturated heterocycles. The van der Waals surface area contributed by atoms with E-state index in [0.29, 0.717) is 11.4 Å². The summed E-state index contributed by atoms with van der Waals surface area (Å²) in [6.45, 7) is 1.74. The topological polar surface area (TPSA) is 79.4 Å². The number of hydrogen-bond acceptors (Lipinski definition) is 5. The maximum absolute atomic E-state index is 13.4. The second-order valence-electron chi connectivity index (χ2n) is 6.25. The fraction of sp³-hybridized carbons (Fsp3) is 0.158. The highest BCUT2D eigenvalue weighted by Gasteiger charge is 2.35. The van der Waals surface area contributed by atoms with E-state index >= 15 is 0 Å². The maximum Gasteiger partial charge on any atom is 0.274 e. The second-order valence-corrected chi connectivity index (χ2v) is 9.38. The van der Waals surface area contributed by atoms with Crippen LogP contribution in [0.4, 0.5) is 11.4 Å². The van der Waals surface area contributed by atoms with Gasteiger partial charge in [0.25, 0.3) is 10.0 Å². The molecule has 3 heterocycles. The van der Waals surface area contributed by atoms with Crippen LogP contribution in [0.5, 0.6) is 0 Å². The van der Waals surface area contributed by atoms with Crippen LogP contribution in [0.25, 0.3) is 10.6 Å². The molecule has 1 amide bonds. The zero-order chi connectivity index (χ0) is 19.0. The van der Waals surface area contributed by atoms with Gasteiger partial charge in [-0.2, -0.15) is 0 Å². The lowest BCUT2D eigenvalue weighted by molar-refractivity contribution is -0.116. The number of rotatable bonds is 3. The van der Waals surface area contributed by atoms with Gasteiger partial charge in [0, 0.05) is 12.6 Å². The fourth-order valence-electron chi connectivity index (χ4n) is 3.13. The number of pyridine rings is 1. The monoisotopic (exact) mass is 399 g/mol. The predicted octanol–water partition coefficient (Wildman–Crippen LogP) is 3.74. The van der Waals surface area contributed by atoms with Crippen LogP contribution >= 0.6 is 11.3 Å². The number of sulfonamides is 1. The fourth-order valence-corrected chi connectivity index (χ4v) is 6.18. The molecule has 4 rings (SSSR count). The zero-order valence-electron chi connectivity index (χ0n) is 14.5. The first kappa shape index (κ1) is 17.7. The number of benzene rings is 1. The first-order valence-electron chi connectivity index (χ1n) is 8.41. The molecule has 1 aliphatic heterocycles. The molecule has 0 bridgehead atoms. The summed E-state index contributed by atoms with van der Waals surface area (Å²) in [5, 5.41) is 2.79. The molecule has 3 aromatic rings. The van der Waals surface area contributed by atoms with Crippen LogP contribution in [-0.2, 0) is 14.8 Å². The maximum atomic E-state index is 13.4. The van der Waals surface area contributed by atoms with E-state index in [2.05, 4.69) is 10.3 Å². The summed E-state index contributed by atoms with van der Waals surface area (Å²) in [5.41, 5.74) is 1.70. The third-order valence-corrected chi connectivity index (χ3v) is 7.81. The molecule has 1 atom stereocenters. The Kier molecular flexibility index (Phi) is 4.45. The normalized spacial score (nSPS) is 17.1. The van der Waals surface area contributed by atoms with Crippen molar-refractivity contribution in [3.63, 3.8) is 0 Å². The molecule has 0 fully saturated rings. The molecule has 1 aromatic carbocycles. The molecule has 8 heteroatoms. The smallest absolute Gasteiger partial charge is 0.274 e. The number of aromatic nitrogens is 1. The van der Waals surface area contributed by atoms with E-state index in [1.165, 1.54) is 15.6 Å². The third kappa shape index (κ3) is 3.22. The minimum atomic E-state index is -3.83. The minimum absolute atomic E-state index is 0.0897. The van der Waals surface area contributed by atoms with Crippen LogP contribution in [0.1, 0.15) is 13.3 Å². The van der Waals surface area contributed by atoms with E-state index in [1.54, 1.807) is 49.5 Å². The van der Waals surface area contributed by atoms with Gasteiger partial charge in [0.1, 0.15) is 4.21 Å². The van der Waals surface area contributed by atoms with Crippen molar-refractivity contribution in [2.75, 3.05) is 9.62 Å². The molecule has 1 N–H and O–H groups in total. The van der Waals surface area contributed by atoms with Crippen molar-refractivity contribution in [3.8, 4) is 10.6 Å². The average molecular weight is 399 g/mol. The Morgan fingerprint density at radius 1 is 1.11 bits per heavy atom. The van der Waals surface area contributed by atoms with E-state index in [9.17, 15) is 13.2 Å². The van der Waals surface area contributed by atoms with E-state index in [4.69, 9.17) is 0 Å². The van der Waals surface area contributed by atoms with E-state index in [1.807, 2.05) is 18.2 Å². The molecule has 138 valence electrons. The molecule has 2 aromatic heterocycles. The van der Waals surface area contributed by atoms with Crippen molar-refractivity contribution in [1.29, 1.82) is 0 Å². The van der Waals surface area contributed by atoms with Crippen LogP contribution in [0.3, 0.4) is 0 Å². The number of amides is 1. The van der Waals surface area contributed by atoms with Crippen LogP contribution < -0.4 is 9.62 Å². The standard InChI is InChI=1S/C19H17N3O3S2/c1-13-12-18(23)21-14-6-2-3-8-16(14)22(13)27(24,25)19-10-9-17(26-19)15-7-4-5-11-20-15/h2-11,13H,12H2,1H3,(H,21,23)/t13-/m0/s1. The molecule has 0 unspecified atom stereocenters. The van der Waals surface area contributed by atoms with Gasteiger partial charge < -0.3 is 5.32 Å². The second kappa shape index (κ2) is 6.79. The molecule has 6 nitrogen and oxygen atoms in total. The largest absolute Gasteiger partial charge is 0.324 e. The predicted molar refractivity (Wildman–Crippen MR) is 106 cm³/mol. The summed E-state index contributed by atoms with van der Waals surface area (Å²) in [4.78, 5) is 17.2. The van der Waals surface area contributed by atoms with Crippen molar-refractivity contribution >= 4 is 38.6 Å². The molecule has 1 aliphatic rings. The van der Waals surface area contributed by atoms with E-state index < -0.39 is 16.1 Å². The van der Waals surface area contributed by atoms with E-state index in [-0.39, 0.29) is 16.5 Å². The number of nitrogens with zero attached hydrogens (tertiary/aromatic N) is 2. The number of thiophene rings is 1. The molecule has 27 heavy (non-hydrogen) atoms. The molecule has 0 radical (unpaired) electrons. The summed E-state index contributed by atoms with van der Waals surface area (Å²) < 4.78 is 28.4. The highest BCUT2D eigenvalue weighted by molar-refractivity contribution is 7.94. The number of nitrogens with one attached hydrogen (secondary N) is 1. The lowest BCUT2D eigenvalue weighted by atomic mass is 10.2. The Hall–Kier alpha value is -2.71. The summed E-state index contributed by atoms with van der Waals surface area (Å²) in [6.07, 6.45) is 1.76. The first-order valence-corrected chi connectivity index (χ1v) is 10.7. The number of anilines is 2. The molecule has 0 aliphatic carbocycles. The van der Waals surface area contributed by atoms with Gasteiger partial charge in [-0.3, -0.25) is 14.1 Å². The molecule has 0 saturated carbocycles. The van der Waals surface area contributed by atoms with Gasteiger partial charge in [-0.05, 0) is 43.3 Å². The number of fused-ring (bicyclic) bond motifs is 1. The van der Waals surface area contributed by atoms with Crippen LogP contribution in [0, 0.1) is 0 Å². The SMILES string of the molecule is C[C@H]1CC(=O)Nc2ccccc2N1S(=O)(=O)c1ccc(-c2ccccn2)s1. The molecular weight excluding hydrogens is 382 g/mol. The first-order chi connectivity index (χ1) is 13.0. The van der Waals surface area contributed by atoms with Crippen LogP contribution in [0.2, 0.25) is 0 Å². The number of carbonyl (C=O) groups is 1. The Bertz CT molecular complexity index is 1090. The highest BCUT2D eigenvalue weighted by Crippen LogP contribution is 2.38. The average Bonchev–Trinajstić information content (AvgIpc) is 3.10. The van der Waals surface area contributed by atoms with Gasteiger partial charge in [-0.25, -0.2) is 8.42 Å². The van der Waals surface area contributed by atoms with Crippen molar-refractivity contribution < 1.29 is 13.2 Å². The Balaban J connectivity index is 1.80. The number of hydrogen-bond donors (Lipinski definition) is 1. The van der Waals surface area contributed by atoms with Gasteiger partial charge in [-0.1, -0.05) is 18.2 Å². The summed E-state index contributed by atoms with van der Waals surface area (Å²) in [6, 6.07) is 15.3. The van der Waals surface area contributed by atoms with Gasteiger partial charge in [0.2, 0.25) is 5.91 Å². The third-order valence-electron chi connectivity index (χ3n) is 4.31. The summed E-state index contributed by atoms with van der Waals surface area (Å²) in [7, 11) is -3.83. The minimum Gasteiger partial charge on any atom is -0.324 e. The van der Waals surface area contributed by atoms with Crippen LogP contribution in [-0.4, -0.2) is 25.4 Å². The van der Waals surface area contributed by atoms with Crippen molar-refractivity contribution in [3.05, 3.63) is 60.8 Å². The Labute approximate surface area is 161 Å².